The van der Waals surface area contributed by atoms with Crippen LogP contribution in [-0.2, 0) is 0 Å². The predicted molar refractivity (Wildman–Crippen MR) is 61.7 cm³/mol. The van der Waals surface area contributed by atoms with E-state index < -0.39 is 0 Å². The van der Waals surface area contributed by atoms with Gasteiger partial charge in [-0.25, -0.2) is 9.97 Å². The van der Waals surface area contributed by atoms with E-state index in [4.69, 9.17) is 4.74 Å². The van der Waals surface area contributed by atoms with E-state index in [9.17, 15) is 0 Å². The first-order valence-electron chi connectivity index (χ1n) is 4.42. The van der Waals surface area contributed by atoms with Crippen LogP contribution in [0.15, 0.2) is 41.1 Å². The molecule has 0 saturated carbocycles. The van der Waals surface area contributed by atoms with Crippen molar-refractivity contribution in [3.63, 3.8) is 0 Å². The van der Waals surface area contributed by atoms with Gasteiger partial charge in [-0.3, -0.25) is 0 Å². The number of hydrogen-bond acceptors (Lipinski definition) is 3. The predicted octanol–water partition coefficient (Wildman–Crippen LogP) is 2.91. The normalized spacial score (nSPS) is 10.0. The molecule has 0 N–H and O–H groups in total. The molecule has 15 heavy (non-hydrogen) atoms. The lowest BCUT2D eigenvalue weighted by atomic mass is 10.2. The van der Waals surface area contributed by atoms with E-state index in [0.717, 1.165) is 15.8 Å². The van der Waals surface area contributed by atoms with Crippen molar-refractivity contribution in [1.82, 2.24) is 9.97 Å². The van der Waals surface area contributed by atoms with Crippen LogP contribution in [0, 0.1) is 0 Å². The summed E-state index contributed by atoms with van der Waals surface area (Å²) in [5.41, 5.74) is 0.926. The summed E-state index contributed by atoms with van der Waals surface area (Å²) in [7, 11) is 1.64. The smallest absolute Gasteiger partial charge is 0.160 e. The molecule has 1 aromatic carbocycles. The molecule has 0 atom stereocenters. The van der Waals surface area contributed by atoms with Crippen LogP contribution >= 0.6 is 15.9 Å². The average Bonchev–Trinajstić information content (AvgIpc) is 2.31. The molecule has 0 aliphatic carbocycles. The van der Waals surface area contributed by atoms with E-state index in [1.807, 2.05) is 18.2 Å². The highest BCUT2D eigenvalue weighted by atomic mass is 79.9. The number of nitrogens with zero attached hydrogens (tertiary/aromatic N) is 2. The van der Waals surface area contributed by atoms with E-state index in [2.05, 4.69) is 25.9 Å². The molecule has 1 aromatic heterocycles. The quantitative estimate of drug-likeness (QED) is 0.837. The topological polar surface area (TPSA) is 35.0 Å². The molecule has 3 nitrogen and oxygen atoms in total. The van der Waals surface area contributed by atoms with Gasteiger partial charge in [-0.1, -0.05) is 15.9 Å². The Morgan fingerprint density at radius 3 is 2.60 bits per heavy atom. The Hall–Kier alpha value is -1.42. The van der Waals surface area contributed by atoms with Crippen LogP contribution in [0.2, 0.25) is 0 Å². The van der Waals surface area contributed by atoms with Gasteiger partial charge in [0.25, 0.3) is 0 Å². The third kappa shape index (κ3) is 2.15. The lowest BCUT2D eigenvalue weighted by molar-refractivity contribution is 0.415. The van der Waals surface area contributed by atoms with Crippen molar-refractivity contribution in [1.29, 1.82) is 0 Å². The van der Waals surface area contributed by atoms with Gasteiger partial charge in [-0.2, -0.15) is 0 Å². The van der Waals surface area contributed by atoms with Crippen molar-refractivity contribution < 1.29 is 4.74 Å². The van der Waals surface area contributed by atoms with Gasteiger partial charge in [0.1, 0.15) is 5.75 Å². The zero-order valence-corrected chi connectivity index (χ0v) is 9.73. The fraction of sp³-hybridized carbons (Fsp3) is 0.0909. The molecular formula is C11H9BrN2O. The maximum absolute atomic E-state index is 5.15. The van der Waals surface area contributed by atoms with Crippen molar-refractivity contribution in [2.45, 2.75) is 0 Å². The van der Waals surface area contributed by atoms with Gasteiger partial charge in [0.05, 0.1) is 7.11 Å². The summed E-state index contributed by atoms with van der Waals surface area (Å²) in [5.74, 6) is 1.48. The average molecular weight is 265 g/mol. The van der Waals surface area contributed by atoms with Gasteiger partial charge in [0.15, 0.2) is 5.82 Å². The standard InChI is InChI=1S/C11H9BrN2O/c1-15-8-3-4-10(12)9(7-8)11-13-5-2-6-14-11/h2-7H,1H3. The summed E-state index contributed by atoms with van der Waals surface area (Å²) < 4.78 is 6.11. The zero-order chi connectivity index (χ0) is 10.7. The van der Waals surface area contributed by atoms with Crippen molar-refractivity contribution in [3.8, 4) is 17.1 Å². The molecule has 0 fully saturated rings. The van der Waals surface area contributed by atoms with Crippen LogP contribution in [-0.4, -0.2) is 17.1 Å². The highest BCUT2D eigenvalue weighted by molar-refractivity contribution is 9.10. The van der Waals surface area contributed by atoms with Crippen LogP contribution in [0.3, 0.4) is 0 Å². The van der Waals surface area contributed by atoms with Crippen molar-refractivity contribution in [2.75, 3.05) is 7.11 Å². The molecular weight excluding hydrogens is 256 g/mol. The maximum atomic E-state index is 5.15. The van der Waals surface area contributed by atoms with Crippen LogP contribution in [0.1, 0.15) is 0 Å². The summed E-state index contributed by atoms with van der Waals surface area (Å²) in [6.07, 6.45) is 3.43. The Bertz CT molecular complexity index is 459. The second kappa shape index (κ2) is 4.40. The Balaban J connectivity index is 2.52. The van der Waals surface area contributed by atoms with E-state index in [1.165, 1.54) is 0 Å². The molecule has 0 unspecified atom stereocenters. The number of halogens is 1. The molecule has 0 spiro atoms. The van der Waals surface area contributed by atoms with Gasteiger partial charge >= 0.3 is 0 Å². The van der Waals surface area contributed by atoms with Gasteiger partial charge < -0.3 is 4.74 Å². The molecule has 0 radical (unpaired) electrons. The van der Waals surface area contributed by atoms with Gasteiger partial charge in [-0.15, -0.1) is 0 Å². The summed E-state index contributed by atoms with van der Waals surface area (Å²) in [6, 6.07) is 7.50. The highest BCUT2D eigenvalue weighted by Crippen LogP contribution is 2.28. The molecule has 0 saturated heterocycles. The lowest BCUT2D eigenvalue weighted by Gasteiger charge is -2.05. The fourth-order valence-corrected chi connectivity index (χ4v) is 1.66. The minimum Gasteiger partial charge on any atom is -0.497 e. The number of benzene rings is 1. The molecule has 4 heteroatoms. The van der Waals surface area contributed by atoms with E-state index in [1.54, 1.807) is 25.6 Å². The molecule has 0 aliphatic heterocycles. The SMILES string of the molecule is COc1ccc(Br)c(-c2ncccn2)c1. The van der Waals surface area contributed by atoms with Crippen molar-refractivity contribution in [3.05, 3.63) is 41.1 Å². The number of rotatable bonds is 2. The van der Waals surface area contributed by atoms with Crippen molar-refractivity contribution in [2.24, 2.45) is 0 Å². The first-order valence-corrected chi connectivity index (χ1v) is 5.21. The maximum Gasteiger partial charge on any atom is 0.160 e. The number of hydrogen-bond donors (Lipinski definition) is 0. The Morgan fingerprint density at radius 2 is 1.93 bits per heavy atom. The third-order valence-electron chi connectivity index (χ3n) is 1.98. The second-order valence-corrected chi connectivity index (χ2v) is 3.77. The van der Waals surface area contributed by atoms with Crippen LogP contribution < -0.4 is 4.74 Å². The largest absolute Gasteiger partial charge is 0.497 e. The molecule has 76 valence electrons. The van der Waals surface area contributed by atoms with Crippen LogP contribution in [0.25, 0.3) is 11.4 Å². The van der Waals surface area contributed by atoms with Crippen LogP contribution in [0.5, 0.6) is 5.75 Å². The van der Waals surface area contributed by atoms with Crippen LogP contribution in [0.4, 0.5) is 0 Å². The van der Waals surface area contributed by atoms with E-state index >= 15 is 0 Å². The molecule has 2 aromatic rings. The third-order valence-corrected chi connectivity index (χ3v) is 2.67. The Morgan fingerprint density at radius 1 is 1.20 bits per heavy atom. The summed E-state index contributed by atoms with van der Waals surface area (Å²) >= 11 is 3.46. The van der Waals surface area contributed by atoms with Gasteiger partial charge in [0, 0.05) is 22.4 Å². The summed E-state index contributed by atoms with van der Waals surface area (Å²) in [4.78, 5) is 8.38. The van der Waals surface area contributed by atoms with Gasteiger partial charge in [-0.05, 0) is 24.3 Å². The molecule has 0 bridgehead atoms. The number of aromatic nitrogens is 2. The summed E-state index contributed by atoms with van der Waals surface area (Å²) in [6.45, 7) is 0. The zero-order valence-electron chi connectivity index (χ0n) is 8.14. The monoisotopic (exact) mass is 264 g/mol. The van der Waals surface area contributed by atoms with E-state index in [0.29, 0.717) is 5.82 Å². The lowest BCUT2D eigenvalue weighted by Crippen LogP contribution is -1.90. The summed E-state index contributed by atoms with van der Waals surface area (Å²) in [5, 5.41) is 0. The minimum atomic E-state index is 0.684. The molecule has 1 heterocycles. The Labute approximate surface area is 96.3 Å². The molecule has 0 aliphatic rings. The first-order chi connectivity index (χ1) is 7.31. The fourth-order valence-electron chi connectivity index (χ4n) is 1.24. The first kappa shape index (κ1) is 10.1. The second-order valence-electron chi connectivity index (χ2n) is 2.92. The van der Waals surface area contributed by atoms with Crippen molar-refractivity contribution >= 4 is 15.9 Å². The Kier molecular flexibility index (Phi) is 2.97. The molecule has 0 amide bonds. The number of methoxy groups -OCH3 is 1. The molecule has 2 rings (SSSR count). The highest BCUT2D eigenvalue weighted by Gasteiger charge is 2.06. The van der Waals surface area contributed by atoms with Gasteiger partial charge in [0.2, 0.25) is 0 Å². The number of ether oxygens (including phenoxy) is 1. The van der Waals surface area contributed by atoms with E-state index in [-0.39, 0.29) is 0 Å². The minimum absolute atomic E-state index is 0.684.